The monoisotopic (exact) mass is 412 g/mol. The minimum Gasteiger partial charge on any atom is -0.478 e. The number of nitrogens with one attached hydrogen (secondary N) is 1. The number of pyridine rings is 1. The molecule has 1 atom stereocenters. The smallest absolute Gasteiger partial charge is 0.338 e. The van der Waals surface area contributed by atoms with Crippen molar-refractivity contribution in [2.24, 2.45) is 5.41 Å². The maximum atomic E-state index is 14.4. The van der Waals surface area contributed by atoms with Crippen LogP contribution in [0.1, 0.15) is 55.2 Å². The zero-order chi connectivity index (χ0) is 22.2. The van der Waals surface area contributed by atoms with Gasteiger partial charge in [0.2, 0.25) is 5.95 Å². The van der Waals surface area contributed by atoms with Crippen molar-refractivity contribution in [3.63, 3.8) is 0 Å². The molecule has 0 saturated heterocycles. The van der Waals surface area contributed by atoms with Crippen molar-refractivity contribution in [1.82, 2.24) is 14.5 Å². The summed E-state index contributed by atoms with van der Waals surface area (Å²) >= 11 is 0. The van der Waals surface area contributed by atoms with Gasteiger partial charge in [0.25, 0.3) is 5.56 Å². The summed E-state index contributed by atoms with van der Waals surface area (Å²) in [6.07, 6.45) is 1.64. The minimum atomic E-state index is -1.31. The molecule has 2 N–H and O–H groups in total. The highest BCUT2D eigenvalue weighted by Crippen LogP contribution is 2.25. The van der Waals surface area contributed by atoms with Gasteiger partial charge in [0.15, 0.2) is 0 Å². The van der Waals surface area contributed by atoms with Crippen molar-refractivity contribution in [3.8, 4) is 0 Å². The first-order chi connectivity index (χ1) is 14.0. The van der Waals surface area contributed by atoms with E-state index in [-0.39, 0.29) is 28.1 Å². The number of carboxylic acids is 1. The van der Waals surface area contributed by atoms with E-state index in [4.69, 9.17) is 5.11 Å². The fourth-order valence-corrected chi connectivity index (χ4v) is 3.37. The van der Waals surface area contributed by atoms with Crippen LogP contribution in [-0.2, 0) is 6.54 Å². The predicted molar refractivity (Wildman–Crippen MR) is 113 cm³/mol. The van der Waals surface area contributed by atoms with Crippen molar-refractivity contribution in [3.05, 3.63) is 63.3 Å². The molecule has 30 heavy (non-hydrogen) atoms. The first kappa shape index (κ1) is 21.4. The molecule has 0 aliphatic heterocycles. The molecule has 1 aromatic carbocycles. The van der Waals surface area contributed by atoms with Crippen LogP contribution in [-0.4, -0.2) is 25.6 Å². The number of nitrogens with zero attached hydrogens (tertiary/aromatic N) is 3. The lowest BCUT2D eigenvalue weighted by molar-refractivity contribution is 0.0691. The molecule has 158 valence electrons. The van der Waals surface area contributed by atoms with Gasteiger partial charge in [0.1, 0.15) is 11.5 Å². The van der Waals surface area contributed by atoms with Gasteiger partial charge in [-0.25, -0.2) is 14.2 Å². The van der Waals surface area contributed by atoms with Gasteiger partial charge in [-0.2, -0.15) is 4.98 Å². The summed E-state index contributed by atoms with van der Waals surface area (Å²) in [5.74, 6) is -1.77. The Labute approximate surface area is 173 Å². The summed E-state index contributed by atoms with van der Waals surface area (Å²) in [7, 11) is 0. The van der Waals surface area contributed by atoms with Crippen molar-refractivity contribution in [1.29, 1.82) is 0 Å². The van der Waals surface area contributed by atoms with E-state index in [9.17, 15) is 14.0 Å². The molecular formula is C22H25FN4O3. The van der Waals surface area contributed by atoms with E-state index in [1.165, 1.54) is 19.1 Å². The van der Waals surface area contributed by atoms with E-state index < -0.39 is 11.8 Å². The number of benzene rings is 1. The number of anilines is 1. The second-order valence-electron chi connectivity index (χ2n) is 8.60. The van der Waals surface area contributed by atoms with Crippen molar-refractivity contribution in [2.75, 3.05) is 5.32 Å². The molecule has 0 saturated carbocycles. The Hall–Kier alpha value is -3.29. The van der Waals surface area contributed by atoms with E-state index >= 15 is 0 Å². The molecular weight excluding hydrogens is 387 g/mol. The van der Waals surface area contributed by atoms with Crippen LogP contribution in [0.15, 0.2) is 35.3 Å². The fraction of sp³-hybridized carbons (Fsp3) is 0.364. The number of halogens is 1. The standard InChI is InChI=1S/C22H25FN4O3/c1-12-15(7-8-16(18(12)23)20(29)30)13(2)25-21-24-10-14-6-9-17(28)27(19(14)26-21)11-22(3,4)5/h6-10,13H,11H2,1-5H3,(H,29,30)(H,24,25,26). The van der Waals surface area contributed by atoms with Crippen molar-refractivity contribution in [2.45, 2.75) is 47.2 Å². The zero-order valence-electron chi connectivity index (χ0n) is 17.7. The Bertz CT molecular complexity index is 1180. The van der Waals surface area contributed by atoms with Gasteiger partial charge in [-0.3, -0.25) is 9.36 Å². The van der Waals surface area contributed by atoms with Crippen molar-refractivity contribution >= 4 is 23.0 Å². The number of hydrogen-bond donors (Lipinski definition) is 2. The number of rotatable bonds is 5. The maximum absolute atomic E-state index is 14.4. The van der Waals surface area contributed by atoms with Gasteiger partial charge >= 0.3 is 5.97 Å². The highest BCUT2D eigenvalue weighted by molar-refractivity contribution is 5.88. The lowest BCUT2D eigenvalue weighted by Crippen LogP contribution is -2.27. The molecule has 2 aromatic heterocycles. The molecule has 1 unspecified atom stereocenters. The van der Waals surface area contributed by atoms with Crippen LogP contribution in [0.4, 0.5) is 10.3 Å². The molecule has 0 fully saturated rings. The molecule has 0 bridgehead atoms. The molecule has 2 heterocycles. The topological polar surface area (TPSA) is 97.1 Å². The summed E-state index contributed by atoms with van der Waals surface area (Å²) in [6.45, 7) is 9.97. The van der Waals surface area contributed by atoms with Crippen LogP contribution in [0.5, 0.6) is 0 Å². The van der Waals surface area contributed by atoms with Gasteiger partial charge < -0.3 is 10.4 Å². The largest absolute Gasteiger partial charge is 0.478 e. The summed E-state index contributed by atoms with van der Waals surface area (Å²) in [6, 6.07) is 5.64. The molecule has 0 radical (unpaired) electrons. The zero-order valence-corrected chi connectivity index (χ0v) is 17.7. The van der Waals surface area contributed by atoms with Crippen LogP contribution in [0.2, 0.25) is 0 Å². The Morgan fingerprint density at radius 2 is 1.97 bits per heavy atom. The lowest BCUT2D eigenvalue weighted by Gasteiger charge is -2.21. The van der Waals surface area contributed by atoms with Gasteiger partial charge in [-0.1, -0.05) is 26.8 Å². The molecule has 0 spiro atoms. The molecule has 3 aromatic rings. The Balaban J connectivity index is 1.98. The molecule has 0 aliphatic rings. The van der Waals surface area contributed by atoms with Gasteiger partial charge in [-0.15, -0.1) is 0 Å². The van der Waals surface area contributed by atoms with Crippen LogP contribution >= 0.6 is 0 Å². The predicted octanol–water partition coefficient (Wildman–Crippen LogP) is 4.16. The lowest BCUT2D eigenvalue weighted by atomic mass is 9.97. The van der Waals surface area contributed by atoms with E-state index in [1.807, 2.05) is 27.7 Å². The quantitative estimate of drug-likeness (QED) is 0.653. The van der Waals surface area contributed by atoms with Crippen LogP contribution in [0.3, 0.4) is 0 Å². The minimum absolute atomic E-state index is 0.121. The maximum Gasteiger partial charge on any atom is 0.338 e. The Kier molecular flexibility index (Phi) is 5.61. The highest BCUT2D eigenvalue weighted by Gasteiger charge is 2.19. The van der Waals surface area contributed by atoms with Gasteiger partial charge in [-0.05, 0) is 42.5 Å². The average Bonchev–Trinajstić information content (AvgIpc) is 2.65. The van der Waals surface area contributed by atoms with E-state index in [0.717, 1.165) is 5.39 Å². The third kappa shape index (κ3) is 4.32. The van der Waals surface area contributed by atoms with Gasteiger partial charge in [0.05, 0.1) is 11.6 Å². The second kappa shape index (κ2) is 7.85. The molecule has 0 aliphatic carbocycles. The van der Waals surface area contributed by atoms with E-state index in [0.29, 0.717) is 23.7 Å². The molecule has 7 nitrogen and oxygen atoms in total. The van der Waals surface area contributed by atoms with Gasteiger partial charge in [0, 0.05) is 24.2 Å². The summed E-state index contributed by atoms with van der Waals surface area (Å²) in [5.41, 5.74) is 0.742. The van der Waals surface area contributed by atoms with Crippen LogP contribution < -0.4 is 10.9 Å². The number of carboxylic acid groups (broad SMARTS) is 1. The average molecular weight is 412 g/mol. The number of aromatic nitrogens is 3. The molecule has 3 rings (SSSR count). The third-order valence-corrected chi connectivity index (χ3v) is 4.83. The number of fused-ring (bicyclic) bond motifs is 1. The van der Waals surface area contributed by atoms with E-state index in [1.54, 1.807) is 22.9 Å². The molecule has 8 heteroatoms. The highest BCUT2D eigenvalue weighted by atomic mass is 19.1. The summed E-state index contributed by atoms with van der Waals surface area (Å²) < 4.78 is 16.0. The molecule has 0 amide bonds. The third-order valence-electron chi connectivity index (χ3n) is 4.83. The second-order valence-corrected chi connectivity index (χ2v) is 8.60. The first-order valence-corrected chi connectivity index (χ1v) is 9.63. The number of aromatic carboxylic acids is 1. The first-order valence-electron chi connectivity index (χ1n) is 9.63. The Morgan fingerprint density at radius 3 is 2.60 bits per heavy atom. The Morgan fingerprint density at radius 1 is 1.27 bits per heavy atom. The normalized spacial score (nSPS) is 12.7. The van der Waals surface area contributed by atoms with E-state index in [2.05, 4.69) is 15.3 Å². The number of carbonyl (C=O) groups is 1. The van der Waals surface area contributed by atoms with Crippen molar-refractivity contribution < 1.29 is 14.3 Å². The van der Waals surface area contributed by atoms with Crippen LogP contribution in [0.25, 0.3) is 11.0 Å². The summed E-state index contributed by atoms with van der Waals surface area (Å²) in [5, 5.41) is 12.9. The van der Waals surface area contributed by atoms with Crippen LogP contribution in [0, 0.1) is 18.2 Å². The summed E-state index contributed by atoms with van der Waals surface area (Å²) in [4.78, 5) is 32.4. The SMILES string of the molecule is Cc1c(C(C)Nc2ncc3ccc(=O)n(CC(C)(C)C)c3n2)ccc(C(=O)O)c1F. The fourth-order valence-electron chi connectivity index (χ4n) is 3.37. The number of hydrogen-bond acceptors (Lipinski definition) is 5.